The standard InChI is InChI=1S/C18H18BrN5O3S/c1-4-12-15(10-5-7-11(19)8-6-10)16(18(26)27-3)17(28-12)20-14(25)9-13-21-22-23-24(13)2/h5-8H,4,9H2,1-3H3,(H,20,25). The van der Waals surface area contributed by atoms with Gasteiger partial charge in [0.25, 0.3) is 0 Å². The summed E-state index contributed by atoms with van der Waals surface area (Å²) in [7, 11) is 2.99. The van der Waals surface area contributed by atoms with Crippen LogP contribution in [0.15, 0.2) is 28.7 Å². The minimum atomic E-state index is -0.496. The van der Waals surface area contributed by atoms with Gasteiger partial charge in [-0.2, -0.15) is 0 Å². The van der Waals surface area contributed by atoms with Crippen molar-refractivity contribution in [3.05, 3.63) is 45.0 Å². The number of benzene rings is 1. The molecule has 3 aromatic rings. The molecule has 0 fully saturated rings. The van der Waals surface area contributed by atoms with Crippen molar-refractivity contribution in [2.75, 3.05) is 12.4 Å². The zero-order chi connectivity index (χ0) is 20.3. The van der Waals surface area contributed by atoms with E-state index in [1.54, 1.807) is 7.05 Å². The van der Waals surface area contributed by atoms with Crippen LogP contribution in [-0.2, 0) is 29.4 Å². The number of nitrogens with zero attached hydrogens (tertiary/aromatic N) is 4. The van der Waals surface area contributed by atoms with Gasteiger partial charge in [0.15, 0.2) is 5.82 Å². The van der Waals surface area contributed by atoms with Gasteiger partial charge in [0.2, 0.25) is 5.91 Å². The normalized spacial score (nSPS) is 10.7. The fourth-order valence-corrected chi connectivity index (χ4v) is 4.18. The second-order valence-electron chi connectivity index (χ2n) is 5.90. The predicted octanol–water partition coefficient (Wildman–Crippen LogP) is 3.23. The third kappa shape index (κ3) is 4.12. The molecule has 2 heterocycles. The lowest BCUT2D eigenvalue weighted by Gasteiger charge is -2.08. The van der Waals surface area contributed by atoms with Crippen molar-refractivity contribution in [3.63, 3.8) is 0 Å². The number of halogens is 1. The maximum atomic E-state index is 12.6. The Morgan fingerprint density at radius 3 is 2.57 bits per heavy atom. The van der Waals surface area contributed by atoms with Crippen LogP contribution < -0.4 is 5.32 Å². The number of esters is 1. The minimum Gasteiger partial charge on any atom is -0.465 e. The monoisotopic (exact) mass is 463 g/mol. The molecule has 10 heteroatoms. The highest BCUT2D eigenvalue weighted by Crippen LogP contribution is 2.41. The van der Waals surface area contributed by atoms with E-state index >= 15 is 0 Å². The van der Waals surface area contributed by atoms with Crippen molar-refractivity contribution in [3.8, 4) is 11.1 Å². The number of carbonyl (C=O) groups excluding carboxylic acids is 2. The lowest BCUT2D eigenvalue weighted by Crippen LogP contribution is -2.18. The second kappa shape index (κ2) is 8.61. The number of ether oxygens (including phenoxy) is 1. The fraction of sp³-hybridized carbons (Fsp3) is 0.278. The molecular formula is C18H18BrN5O3S. The average molecular weight is 464 g/mol. The van der Waals surface area contributed by atoms with Gasteiger partial charge in [-0.3, -0.25) is 4.79 Å². The Labute approximate surface area is 174 Å². The number of nitrogens with one attached hydrogen (secondary N) is 1. The summed E-state index contributed by atoms with van der Waals surface area (Å²) in [5.41, 5.74) is 2.02. The van der Waals surface area contributed by atoms with Gasteiger partial charge >= 0.3 is 5.97 Å². The van der Waals surface area contributed by atoms with Crippen LogP contribution in [0.5, 0.6) is 0 Å². The van der Waals surface area contributed by atoms with Gasteiger partial charge in [-0.05, 0) is 34.5 Å². The number of rotatable bonds is 6. The topological polar surface area (TPSA) is 99.0 Å². The van der Waals surface area contributed by atoms with Crippen molar-refractivity contribution in [1.29, 1.82) is 0 Å². The van der Waals surface area contributed by atoms with Crippen LogP contribution in [0.2, 0.25) is 0 Å². The van der Waals surface area contributed by atoms with Crippen molar-refractivity contribution in [1.82, 2.24) is 20.2 Å². The molecule has 1 amide bonds. The number of amides is 1. The number of thiophene rings is 1. The maximum Gasteiger partial charge on any atom is 0.341 e. The molecule has 28 heavy (non-hydrogen) atoms. The lowest BCUT2D eigenvalue weighted by molar-refractivity contribution is -0.115. The van der Waals surface area contributed by atoms with Crippen LogP contribution in [0.3, 0.4) is 0 Å². The lowest BCUT2D eigenvalue weighted by atomic mass is 10.00. The van der Waals surface area contributed by atoms with Gasteiger partial charge in [-0.25, -0.2) is 9.48 Å². The molecule has 0 aliphatic rings. The first-order chi connectivity index (χ1) is 13.4. The zero-order valence-electron chi connectivity index (χ0n) is 15.5. The Morgan fingerprint density at radius 1 is 1.29 bits per heavy atom. The summed E-state index contributed by atoms with van der Waals surface area (Å²) in [6.45, 7) is 2.01. The van der Waals surface area contributed by atoms with Crippen LogP contribution >= 0.6 is 27.3 Å². The summed E-state index contributed by atoms with van der Waals surface area (Å²) in [6, 6.07) is 7.67. The Kier molecular flexibility index (Phi) is 6.20. The van der Waals surface area contributed by atoms with Gasteiger partial charge in [-0.1, -0.05) is 35.0 Å². The highest BCUT2D eigenvalue weighted by Gasteiger charge is 2.26. The molecule has 3 rings (SSSR count). The van der Waals surface area contributed by atoms with Crippen molar-refractivity contribution < 1.29 is 14.3 Å². The molecule has 0 aliphatic heterocycles. The Balaban J connectivity index is 2.01. The van der Waals surface area contributed by atoms with Crippen molar-refractivity contribution in [2.24, 2.45) is 7.05 Å². The first-order valence-electron chi connectivity index (χ1n) is 8.45. The highest BCUT2D eigenvalue weighted by molar-refractivity contribution is 9.10. The van der Waals surface area contributed by atoms with Gasteiger partial charge in [0, 0.05) is 22.0 Å². The molecule has 1 N–H and O–H groups in total. The summed E-state index contributed by atoms with van der Waals surface area (Å²) in [4.78, 5) is 26.1. The molecule has 8 nitrogen and oxygen atoms in total. The zero-order valence-corrected chi connectivity index (χ0v) is 17.9. The summed E-state index contributed by atoms with van der Waals surface area (Å²) in [5.74, 6) is -0.378. The Hall–Kier alpha value is -2.59. The molecule has 0 saturated carbocycles. The second-order valence-corrected chi connectivity index (χ2v) is 7.92. The molecule has 0 spiro atoms. The van der Waals surface area contributed by atoms with E-state index in [-0.39, 0.29) is 12.3 Å². The SMILES string of the molecule is CCc1sc(NC(=O)Cc2nnnn2C)c(C(=O)OC)c1-c1ccc(Br)cc1. The van der Waals surface area contributed by atoms with Gasteiger partial charge in [0.05, 0.1) is 13.5 Å². The van der Waals surface area contributed by atoms with Gasteiger partial charge in [0.1, 0.15) is 10.6 Å². The number of hydrogen-bond acceptors (Lipinski definition) is 7. The highest BCUT2D eigenvalue weighted by atomic mass is 79.9. The van der Waals surface area contributed by atoms with Gasteiger partial charge in [-0.15, -0.1) is 16.4 Å². The molecule has 0 bridgehead atoms. The largest absolute Gasteiger partial charge is 0.465 e. The summed E-state index contributed by atoms with van der Waals surface area (Å²) in [5, 5.41) is 14.3. The molecular weight excluding hydrogens is 446 g/mol. The first kappa shape index (κ1) is 20.2. The van der Waals surface area contributed by atoms with E-state index in [1.807, 2.05) is 31.2 Å². The van der Waals surface area contributed by atoms with E-state index in [4.69, 9.17) is 4.74 Å². The molecule has 0 radical (unpaired) electrons. The van der Waals surface area contributed by atoms with Crippen LogP contribution in [0.1, 0.15) is 28.0 Å². The Bertz CT molecular complexity index is 1010. The molecule has 1 aromatic carbocycles. The third-order valence-corrected chi connectivity index (χ3v) is 5.88. The number of methoxy groups -OCH3 is 1. The van der Waals surface area contributed by atoms with E-state index < -0.39 is 5.97 Å². The van der Waals surface area contributed by atoms with Crippen LogP contribution in [0.25, 0.3) is 11.1 Å². The number of hydrogen-bond donors (Lipinski definition) is 1. The quantitative estimate of drug-likeness (QED) is 0.563. The molecule has 0 atom stereocenters. The maximum absolute atomic E-state index is 12.6. The van der Waals surface area contributed by atoms with Crippen molar-refractivity contribution >= 4 is 44.1 Å². The first-order valence-corrected chi connectivity index (χ1v) is 10.1. The van der Waals surface area contributed by atoms with Crippen molar-refractivity contribution in [2.45, 2.75) is 19.8 Å². The number of aryl methyl sites for hydroxylation is 2. The van der Waals surface area contributed by atoms with E-state index in [9.17, 15) is 9.59 Å². The van der Waals surface area contributed by atoms with Crippen LogP contribution in [-0.4, -0.2) is 39.2 Å². The van der Waals surface area contributed by atoms with Crippen LogP contribution in [0.4, 0.5) is 5.00 Å². The number of anilines is 1. The minimum absolute atomic E-state index is 0.00289. The van der Waals surface area contributed by atoms with Gasteiger partial charge < -0.3 is 10.1 Å². The molecule has 0 saturated heterocycles. The summed E-state index contributed by atoms with van der Waals surface area (Å²) < 4.78 is 7.37. The predicted molar refractivity (Wildman–Crippen MR) is 109 cm³/mol. The molecule has 0 aliphatic carbocycles. The van der Waals surface area contributed by atoms with E-state index in [0.717, 1.165) is 20.5 Å². The average Bonchev–Trinajstić information content (AvgIpc) is 3.25. The number of carbonyl (C=O) groups is 2. The summed E-state index contributed by atoms with van der Waals surface area (Å²) >= 11 is 4.79. The fourth-order valence-electron chi connectivity index (χ4n) is 2.75. The smallest absolute Gasteiger partial charge is 0.341 e. The summed E-state index contributed by atoms with van der Waals surface area (Å²) in [6.07, 6.45) is 0.709. The van der Waals surface area contributed by atoms with E-state index in [1.165, 1.54) is 23.1 Å². The van der Waals surface area contributed by atoms with Crippen LogP contribution in [0, 0.1) is 0 Å². The third-order valence-electron chi connectivity index (χ3n) is 4.10. The Morgan fingerprint density at radius 2 is 2.00 bits per heavy atom. The molecule has 146 valence electrons. The van der Waals surface area contributed by atoms with E-state index in [2.05, 4.69) is 36.8 Å². The molecule has 2 aromatic heterocycles. The number of aromatic nitrogens is 4. The van der Waals surface area contributed by atoms with E-state index in [0.29, 0.717) is 22.8 Å². The number of tetrazole rings is 1. The molecule has 0 unspecified atom stereocenters.